The summed E-state index contributed by atoms with van der Waals surface area (Å²) in [4.78, 5) is 36.9. The number of methoxy groups -OCH3 is 1. The van der Waals surface area contributed by atoms with Gasteiger partial charge >= 0.3 is 5.97 Å². The van der Waals surface area contributed by atoms with Gasteiger partial charge in [-0.15, -0.1) is 0 Å². The molecular formula is C16H20N2O6S. The first-order valence-corrected chi connectivity index (χ1v) is 9.50. The fraction of sp³-hybridized carbons (Fsp3) is 0.438. The molecule has 0 aliphatic carbocycles. The number of esters is 1. The standard InChI is InChI=1S/C16H20N2O6S/c1-11(19)18(14-5-3-4-12(8-14)16(21)24-2)9-15(20)17-13-6-7-25(22,23)10-13/h3-5,8,13H,6-7,9-10H2,1-2H3,(H,17,20). The smallest absolute Gasteiger partial charge is 0.337 e. The number of nitrogens with zero attached hydrogens (tertiary/aromatic N) is 1. The molecule has 0 saturated carbocycles. The van der Waals surface area contributed by atoms with Crippen LogP contribution in [-0.2, 0) is 24.2 Å². The van der Waals surface area contributed by atoms with Crippen molar-refractivity contribution in [3.8, 4) is 0 Å². The zero-order valence-corrected chi connectivity index (χ0v) is 14.8. The monoisotopic (exact) mass is 368 g/mol. The van der Waals surface area contributed by atoms with Crippen molar-refractivity contribution in [2.45, 2.75) is 19.4 Å². The molecule has 25 heavy (non-hydrogen) atoms. The molecule has 1 aromatic rings. The molecule has 2 rings (SSSR count). The van der Waals surface area contributed by atoms with Crippen LogP contribution in [-0.4, -0.2) is 57.4 Å². The summed E-state index contributed by atoms with van der Waals surface area (Å²) >= 11 is 0. The third-order valence-corrected chi connectivity index (χ3v) is 5.63. The molecule has 1 heterocycles. The fourth-order valence-electron chi connectivity index (χ4n) is 2.63. The first-order valence-electron chi connectivity index (χ1n) is 7.68. The van der Waals surface area contributed by atoms with Gasteiger partial charge in [0.25, 0.3) is 0 Å². The van der Waals surface area contributed by atoms with Gasteiger partial charge in [-0.25, -0.2) is 13.2 Å². The summed E-state index contributed by atoms with van der Waals surface area (Å²) in [6, 6.07) is 5.74. The number of carbonyl (C=O) groups excluding carboxylic acids is 3. The molecule has 1 aliphatic heterocycles. The Balaban J connectivity index is 2.09. The molecule has 1 saturated heterocycles. The van der Waals surface area contributed by atoms with Gasteiger partial charge < -0.3 is 15.0 Å². The van der Waals surface area contributed by atoms with E-state index in [0.717, 1.165) is 0 Å². The Hall–Kier alpha value is -2.42. The van der Waals surface area contributed by atoms with Crippen molar-refractivity contribution in [2.75, 3.05) is 30.1 Å². The van der Waals surface area contributed by atoms with Gasteiger partial charge in [0.05, 0.1) is 24.2 Å². The molecule has 0 spiro atoms. The highest BCUT2D eigenvalue weighted by Gasteiger charge is 2.29. The van der Waals surface area contributed by atoms with E-state index in [1.807, 2.05) is 0 Å². The van der Waals surface area contributed by atoms with Crippen LogP contribution in [0.5, 0.6) is 0 Å². The number of hydrogen-bond donors (Lipinski definition) is 1. The summed E-state index contributed by atoms with van der Waals surface area (Å²) < 4.78 is 27.5. The van der Waals surface area contributed by atoms with Crippen molar-refractivity contribution < 1.29 is 27.5 Å². The summed E-state index contributed by atoms with van der Waals surface area (Å²) in [6.07, 6.45) is 0.367. The van der Waals surface area contributed by atoms with Crippen molar-refractivity contribution in [1.29, 1.82) is 0 Å². The highest BCUT2D eigenvalue weighted by Crippen LogP contribution is 2.17. The molecule has 2 amide bonds. The van der Waals surface area contributed by atoms with Gasteiger partial charge in [-0.05, 0) is 24.6 Å². The minimum atomic E-state index is -3.10. The molecule has 1 aromatic carbocycles. The van der Waals surface area contributed by atoms with Crippen LogP contribution in [0.25, 0.3) is 0 Å². The van der Waals surface area contributed by atoms with E-state index in [-0.39, 0.29) is 29.5 Å². The molecule has 8 nitrogen and oxygen atoms in total. The van der Waals surface area contributed by atoms with E-state index < -0.39 is 27.8 Å². The van der Waals surface area contributed by atoms with Crippen LogP contribution in [0, 0.1) is 0 Å². The Labute approximate surface area is 146 Å². The maximum absolute atomic E-state index is 12.2. The number of rotatable bonds is 5. The van der Waals surface area contributed by atoms with Crippen molar-refractivity contribution in [1.82, 2.24) is 5.32 Å². The number of hydrogen-bond acceptors (Lipinski definition) is 6. The summed E-state index contributed by atoms with van der Waals surface area (Å²) in [5.74, 6) is -1.42. The van der Waals surface area contributed by atoms with Crippen LogP contribution in [0.15, 0.2) is 24.3 Å². The van der Waals surface area contributed by atoms with Crippen LogP contribution < -0.4 is 10.2 Å². The van der Waals surface area contributed by atoms with Gasteiger partial charge in [-0.1, -0.05) is 6.07 Å². The molecule has 0 radical (unpaired) electrons. The van der Waals surface area contributed by atoms with Crippen molar-refractivity contribution >= 4 is 33.3 Å². The van der Waals surface area contributed by atoms with Gasteiger partial charge in [0.2, 0.25) is 11.8 Å². The lowest BCUT2D eigenvalue weighted by Gasteiger charge is -2.22. The van der Waals surface area contributed by atoms with Crippen molar-refractivity contribution in [2.24, 2.45) is 0 Å². The topological polar surface area (TPSA) is 110 Å². The molecule has 1 atom stereocenters. The summed E-state index contributed by atoms with van der Waals surface area (Å²) in [5, 5.41) is 2.63. The molecule has 1 unspecified atom stereocenters. The van der Waals surface area contributed by atoms with E-state index in [4.69, 9.17) is 0 Å². The number of benzene rings is 1. The van der Waals surface area contributed by atoms with E-state index in [9.17, 15) is 22.8 Å². The summed E-state index contributed by atoms with van der Waals surface area (Å²) in [5.41, 5.74) is 0.637. The molecule has 1 N–H and O–H groups in total. The second-order valence-corrected chi connectivity index (χ2v) is 8.04. The Morgan fingerprint density at radius 3 is 2.60 bits per heavy atom. The van der Waals surface area contributed by atoms with E-state index >= 15 is 0 Å². The number of carbonyl (C=O) groups is 3. The van der Waals surface area contributed by atoms with E-state index in [1.165, 1.54) is 31.1 Å². The number of sulfone groups is 1. The second-order valence-electron chi connectivity index (χ2n) is 5.81. The van der Waals surface area contributed by atoms with E-state index in [0.29, 0.717) is 12.1 Å². The maximum atomic E-state index is 12.2. The predicted molar refractivity (Wildman–Crippen MR) is 91.0 cm³/mol. The molecule has 0 bridgehead atoms. The van der Waals surface area contributed by atoms with Gasteiger partial charge in [0, 0.05) is 18.7 Å². The third-order valence-electron chi connectivity index (χ3n) is 3.86. The Morgan fingerprint density at radius 1 is 1.32 bits per heavy atom. The number of anilines is 1. The lowest BCUT2D eigenvalue weighted by atomic mass is 10.2. The maximum Gasteiger partial charge on any atom is 0.337 e. The Morgan fingerprint density at radius 2 is 2.04 bits per heavy atom. The SMILES string of the molecule is COC(=O)c1cccc(N(CC(=O)NC2CCS(=O)(=O)C2)C(C)=O)c1. The van der Waals surface area contributed by atoms with Gasteiger partial charge in [0.15, 0.2) is 9.84 Å². The van der Waals surface area contributed by atoms with Gasteiger partial charge in [-0.3, -0.25) is 9.59 Å². The zero-order valence-electron chi connectivity index (χ0n) is 14.0. The summed E-state index contributed by atoms with van der Waals surface area (Å²) in [6.45, 7) is 1.04. The van der Waals surface area contributed by atoms with Crippen LogP contribution in [0.4, 0.5) is 5.69 Å². The average molecular weight is 368 g/mol. The van der Waals surface area contributed by atoms with E-state index in [2.05, 4.69) is 10.1 Å². The molecule has 9 heteroatoms. The largest absolute Gasteiger partial charge is 0.465 e. The number of ether oxygens (including phenoxy) is 1. The molecule has 0 aromatic heterocycles. The van der Waals surface area contributed by atoms with E-state index in [1.54, 1.807) is 12.1 Å². The highest BCUT2D eigenvalue weighted by atomic mass is 32.2. The van der Waals surface area contributed by atoms with Crippen LogP contribution in [0.1, 0.15) is 23.7 Å². The first kappa shape index (κ1) is 18.9. The van der Waals surface area contributed by atoms with Gasteiger partial charge in [-0.2, -0.15) is 0 Å². The lowest BCUT2D eigenvalue weighted by molar-refractivity contribution is -0.123. The molecule has 136 valence electrons. The van der Waals surface area contributed by atoms with Crippen molar-refractivity contribution in [3.63, 3.8) is 0 Å². The van der Waals surface area contributed by atoms with Crippen LogP contribution in [0.2, 0.25) is 0 Å². The average Bonchev–Trinajstić information content (AvgIpc) is 2.90. The molecule has 1 aliphatic rings. The van der Waals surface area contributed by atoms with Crippen molar-refractivity contribution in [3.05, 3.63) is 29.8 Å². The van der Waals surface area contributed by atoms with Crippen LogP contribution >= 0.6 is 0 Å². The lowest BCUT2D eigenvalue weighted by Crippen LogP contribution is -2.44. The Bertz CT molecular complexity index is 790. The number of nitrogens with one attached hydrogen (secondary N) is 1. The quantitative estimate of drug-likeness (QED) is 0.740. The summed E-state index contributed by atoms with van der Waals surface area (Å²) in [7, 11) is -1.85. The molecule has 1 fully saturated rings. The first-order chi connectivity index (χ1) is 11.7. The normalized spacial score (nSPS) is 18.4. The minimum absolute atomic E-state index is 0.0511. The zero-order chi connectivity index (χ0) is 18.6. The minimum Gasteiger partial charge on any atom is -0.465 e. The second kappa shape index (κ2) is 7.64. The number of amides is 2. The van der Waals surface area contributed by atoms with Crippen LogP contribution in [0.3, 0.4) is 0 Å². The Kier molecular flexibility index (Phi) is 5.78. The fourth-order valence-corrected chi connectivity index (χ4v) is 4.30. The van der Waals surface area contributed by atoms with Gasteiger partial charge in [0.1, 0.15) is 6.54 Å². The predicted octanol–water partition coefficient (Wildman–Crippen LogP) is 0.129. The molecular weight excluding hydrogens is 348 g/mol. The third kappa shape index (κ3) is 5.02. The highest BCUT2D eigenvalue weighted by molar-refractivity contribution is 7.91.